The Balaban J connectivity index is 1.37. The Morgan fingerprint density at radius 3 is 2.76 bits per heavy atom. The number of thioether (sulfide) groups is 1. The Labute approximate surface area is 194 Å². The Morgan fingerprint density at radius 2 is 1.85 bits per heavy atom. The fourth-order valence-corrected chi connectivity index (χ4v) is 5.58. The van der Waals surface area contributed by atoms with Gasteiger partial charge in [-0.15, -0.1) is 5.10 Å². The lowest BCUT2D eigenvalue weighted by atomic mass is 9.85. The summed E-state index contributed by atoms with van der Waals surface area (Å²) < 4.78 is 16.5. The number of Topliss-reactive ketones (excluding diaryl/α,β-unsaturated/α-hetero) is 1. The summed E-state index contributed by atoms with van der Waals surface area (Å²) >= 11 is 1.54. The summed E-state index contributed by atoms with van der Waals surface area (Å²) in [6.07, 6.45) is 2.00. The smallest absolute Gasteiger partial charge is 0.227 e. The van der Waals surface area contributed by atoms with Gasteiger partial charge in [0.1, 0.15) is 11.9 Å². The molecule has 5 nitrogen and oxygen atoms in total. The van der Waals surface area contributed by atoms with Gasteiger partial charge in [0.2, 0.25) is 11.1 Å². The second-order valence-electron chi connectivity index (χ2n) is 8.31. The number of benzene rings is 3. The molecule has 1 aliphatic heterocycles. The molecule has 0 fully saturated rings. The third kappa shape index (κ3) is 3.53. The minimum atomic E-state index is -0.607. The number of ketones is 1. The predicted molar refractivity (Wildman–Crippen MR) is 128 cm³/mol. The molecule has 6 rings (SSSR count). The van der Waals surface area contributed by atoms with E-state index in [4.69, 9.17) is 10.1 Å². The number of carbonyl (C=O) groups excluding carboxylic acids is 1. The molecule has 0 saturated heterocycles. The summed E-state index contributed by atoms with van der Waals surface area (Å²) in [5.74, 6) is 0.961. The van der Waals surface area contributed by atoms with Gasteiger partial charge in [-0.05, 0) is 35.2 Å². The largest absolute Gasteiger partial charge is 0.328 e. The van der Waals surface area contributed by atoms with E-state index in [-0.39, 0.29) is 11.6 Å². The average Bonchev–Trinajstić information content (AvgIpc) is 3.25. The Morgan fingerprint density at radius 1 is 1.03 bits per heavy atom. The first-order valence-electron chi connectivity index (χ1n) is 11.0. The van der Waals surface area contributed by atoms with Crippen LogP contribution in [0.5, 0.6) is 0 Å². The third-order valence-corrected chi connectivity index (χ3v) is 7.17. The first-order chi connectivity index (χ1) is 16.2. The molecule has 1 N–H and O–H groups in total. The van der Waals surface area contributed by atoms with E-state index < -0.39 is 6.04 Å². The van der Waals surface area contributed by atoms with E-state index in [0.717, 1.165) is 18.5 Å². The van der Waals surface area contributed by atoms with Crippen LogP contribution in [-0.4, -0.2) is 20.5 Å². The summed E-state index contributed by atoms with van der Waals surface area (Å²) in [5, 5.41) is 11.0. The van der Waals surface area contributed by atoms with Crippen molar-refractivity contribution in [2.24, 2.45) is 0 Å². The normalized spacial score (nSPS) is 17.6. The van der Waals surface area contributed by atoms with E-state index in [1.54, 1.807) is 22.9 Å². The zero-order valence-electron chi connectivity index (χ0n) is 17.8. The number of carbonyl (C=O) groups is 1. The Bertz CT molecular complexity index is 1420. The van der Waals surface area contributed by atoms with Gasteiger partial charge < -0.3 is 5.32 Å². The van der Waals surface area contributed by atoms with Crippen LogP contribution in [0.15, 0.2) is 83.2 Å². The van der Waals surface area contributed by atoms with Crippen molar-refractivity contribution in [1.29, 1.82) is 0 Å². The van der Waals surface area contributed by atoms with Gasteiger partial charge in [0.15, 0.2) is 5.78 Å². The number of nitrogens with zero attached hydrogens (tertiary/aromatic N) is 3. The van der Waals surface area contributed by atoms with Gasteiger partial charge in [-0.3, -0.25) is 4.79 Å². The van der Waals surface area contributed by atoms with Gasteiger partial charge in [-0.1, -0.05) is 72.4 Å². The standard InChI is InChI=1S/C26H21FN4OS/c27-20-12-4-3-11-19(20)24-23-21(13-6-14-22(23)32)28-25-29-26(30-31(24)25)33-15-17-9-5-8-16-7-1-2-10-18(16)17/h1-5,7-12,24H,6,13-15H2,(H,28,29,30). The highest BCUT2D eigenvalue weighted by atomic mass is 32.2. The number of aromatic nitrogens is 3. The van der Waals surface area contributed by atoms with E-state index in [1.165, 1.54) is 34.2 Å². The van der Waals surface area contributed by atoms with Crippen molar-refractivity contribution in [2.75, 3.05) is 5.32 Å². The first kappa shape index (κ1) is 20.2. The number of fused-ring (bicyclic) bond motifs is 2. The molecule has 0 radical (unpaired) electrons. The van der Waals surface area contributed by atoms with Crippen LogP contribution in [0.3, 0.4) is 0 Å². The van der Waals surface area contributed by atoms with E-state index in [1.807, 2.05) is 12.1 Å². The van der Waals surface area contributed by atoms with E-state index in [2.05, 4.69) is 35.6 Å². The molecule has 1 aromatic heterocycles. The van der Waals surface area contributed by atoms with Crippen molar-refractivity contribution in [1.82, 2.24) is 14.8 Å². The number of halogens is 1. The number of allylic oxidation sites excluding steroid dienone is 2. The summed E-state index contributed by atoms with van der Waals surface area (Å²) in [4.78, 5) is 17.6. The number of hydrogen-bond acceptors (Lipinski definition) is 5. The SMILES string of the molecule is O=C1CCCC2=C1C(c1ccccc1F)n1nc(SCc3cccc4ccccc34)nc1N2. The summed E-state index contributed by atoms with van der Waals surface area (Å²) in [6, 6.07) is 20.6. The number of anilines is 1. The molecular formula is C26H21FN4OS. The quantitative estimate of drug-likeness (QED) is 0.388. The van der Waals surface area contributed by atoms with Crippen molar-refractivity contribution in [3.05, 3.63) is 94.9 Å². The van der Waals surface area contributed by atoms with E-state index in [0.29, 0.717) is 34.4 Å². The lowest BCUT2D eigenvalue weighted by molar-refractivity contribution is -0.116. The zero-order valence-corrected chi connectivity index (χ0v) is 18.6. The predicted octanol–water partition coefficient (Wildman–Crippen LogP) is 5.88. The van der Waals surface area contributed by atoms with Gasteiger partial charge in [0.05, 0.1) is 0 Å². The molecule has 1 atom stereocenters. The lowest BCUT2D eigenvalue weighted by Crippen LogP contribution is -2.32. The van der Waals surface area contributed by atoms with Gasteiger partial charge in [-0.25, -0.2) is 9.07 Å². The molecule has 3 aromatic carbocycles. The van der Waals surface area contributed by atoms with Crippen molar-refractivity contribution < 1.29 is 9.18 Å². The van der Waals surface area contributed by atoms with Crippen molar-refractivity contribution in [3.8, 4) is 0 Å². The maximum Gasteiger partial charge on any atom is 0.227 e. The number of hydrogen-bond donors (Lipinski definition) is 1. The monoisotopic (exact) mass is 456 g/mol. The van der Waals surface area contributed by atoms with Crippen LogP contribution in [0, 0.1) is 5.82 Å². The molecule has 164 valence electrons. The maximum atomic E-state index is 14.9. The molecule has 2 aliphatic rings. The topological polar surface area (TPSA) is 59.8 Å². The minimum Gasteiger partial charge on any atom is -0.328 e. The molecular weight excluding hydrogens is 435 g/mol. The van der Waals surface area contributed by atoms with Gasteiger partial charge in [-0.2, -0.15) is 4.98 Å². The van der Waals surface area contributed by atoms with Gasteiger partial charge in [0.25, 0.3) is 0 Å². The zero-order chi connectivity index (χ0) is 22.4. The molecule has 0 saturated carbocycles. The molecule has 0 amide bonds. The van der Waals surface area contributed by atoms with Crippen molar-refractivity contribution >= 4 is 34.3 Å². The molecule has 2 heterocycles. The average molecular weight is 457 g/mol. The Kier molecular flexibility index (Phi) is 4.99. The van der Waals surface area contributed by atoms with Crippen LogP contribution < -0.4 is 5.32 Å². The fourth-order valence-electron chi connectivity index (χ4n) is 4.74. The fraction of sp³-hybridized carbons (Fsp3) is 0.192. The minimum absolute atomic E-state index is 0.0445. The third-order valence-electron chi connectivity index (χ3n) is 6.29. The molecule has 33 heavy (non-hydrogen) atoms. The van der Waals surface area contributed by atoms with Crippen LogP contribution in [-0.2, 0) is 10.5 Å². The Hall–Kier alpha value is -3.45. The number of nitrogens with one attached hydrogen (secondary N) is 1. The number of rotatable bonds is 4. The summed E-state index contributed by atoms with van der Waals surface area (Å²) in [7, 11) is 0. The van der Waals surface area contributed by atoms with Crippen LogP contribution >= 0.6 is 11.8 Å². The van der Waals surface area contributed by atoms with Crippen LogP contribution in [0.4, 0.5) is 10.3 Å². The molecule has 1 aliphatic carbocycles. The van der Waals surface area contributed by atoms with Crippen LogP contribution in [0.25, 0.3) is 10.8 Å². The van der Waals surface area contributed by atoms with Gasteiger partial charge in [0, 0.05) is 29.0 Å². The lowest BCUT2D eigenvalue weighted by Gasteiger charge is -2.32. The van der Waals surface area contributed by atoms with Crippen LogP contribution in [0.2, 0.25) is 0 Å². The highest BCUT2D eigenvalue weighted by Gasteiger charge is 2.37. The second-order valence-corrected chi connectivity index (χ2v) is 9.25. The molecule has 4 aromatic rings. The molecule has 0 spiro atoms. The molecule has 0 bridgehead atoms. The molecule has 7 heteroatoms. The maximum absolute atomic E-state index is 14.9. The summed E-state index contributed by atoms with van der Waals surface area (Å²) in [6.45, 7) is 0. The van der Waals surface area contributed by atoms with Gasteiger partial charge >= 0.3 is 0 Å². The molecule has 1 unspecified atom stereocenters. The van der Waals surface area contributed by atoms with Crippen molar-refractivity contribution in [2.45, 2.75) is 36.2 Å². The summed E-state index contributed by atoms with van der Waals surface area (Å²) in [5.41, 5.74) is 3.09. The highest BCUT2D eigenvalue weighted by Crippen LogP contribution is 2.41. The highest BCUT2D eigenvalue weighted by molar-refractivity contribution is 7.98. The van der Waals surface area contributed by atoms with E-state index >= 15 is 0 Å². The van der Waals surface area contributed by atoms with Crippen LogP contribution in [0.1, 0.15) is 36.4 Å². The second kappa shape index (κ2) is 8.15. The van der Waals surface area contributed by atoms with Crippen molar-refractivity contribution in [3.63, 3.8) is 0 Å². The first-order valence-corrected chi connectivity index (χ1v) is 12.0. The van der Waals surface area contributed by atoms with E-state index in [9.17, 15) is 9.18 Å².